The molecule has 10 nitrogen and oxygen atoms in total. The van der Waals surface area contributed by atoms with Crippen molar-refractivity contribution in [2.45, 2.75) is 50.1 Å². The van der Waals surface area contributed by atoms with Gasteiger partial charge in [-0.1, -0.05) is 30.3 Å². The highest BCUT2D eigenvalue weighted by Gasteiger charge is 2.51. The number of benzene rings is 2. The molecule has 2 bridgehead atoms. The lowest BCUT2D eigenvalue weighted by atomic mass is 9.75. The zero-order valence-corrected chi connectivity index (χ0v) is 24.7. The van der Waals surface area contributed by atoms with Crippen molar-refractivity contribution in [1.29, 1.82) is 0 Å². The minimum absolute atomic E-state index is 0.0473. The first-order chi connectivity index (χ1) is 20.9. The second kappa shape index (κ2) is 12.9. The summed E-state index contributed by atoms with van der Waals surface area (Å²) in [7, 11) is 0. The maximum Gasteiger partial charge on any atom is 0.411 e. The number of hydrogen-bond acceptors (Lipinski definition) is 6. The van der Waals surface area contributed by atoms with Crippen LogP contribution in [0.2, 0.25) is 0 Å². The first-order valence-corrected chi connectivity index (χ1v) is 15.8. The number of piperidine rings is 5. The van der Waals surface area contributed by atoms with Crippen LogP contribution in [0.15, 0.2) is 54.6 Å². The maximum atomic E-state index is 13.5. The molecule has 3 amide bonds. The molecule has 2 aromatic rings. The third-order valence-corrected chi connectivity index (χ3v) is 10.1. The first kappa shape index (κ1) is 29.4. The number of ether oxygens (including phenoxy) is 1. The van der Waals surface area contributed by atoms with Crippen molar-refractivity contribution in [3.63, 3.8) is 0 Å². The summed E-state index contributed by atoms with van der Waals surface area (Å²) in [4.78, 5) is 44.8. The average molecular weight is 590 g/mol. The lowest BCUT2D eigenvalue weighted by Crippen LogP contribution is -2.65. The number of nitrogens with one attached hydrogen (secondary N) is 2. The standard InChI is InChI=1S/C33H43N5O5/c39-30(26-6-8-28(9-7-26)35-31(40)43-23-24-10-16-34-17-11-24)37-20-14-33(15-21-37,27-4-2-1-3-5-27)38(32(41)42)29-22-36-18-12-25(29)13-19-36/h1-9,24-25,29,34H,10-23H2,(H,35,40)(H,41,42)/t29-/m0/s1. The summed E-state index contributed by atoms with van der Waals surface area (Å²) < 4.78 is 5.41. The van der Waals surface area contributed by atoms with E-state index in [9.17, 15) is 19.5 Å². The molecule has 43 heavy (non-hydrogen) atoms. The van der Waals surface area contributed by atoms with Crippen LogP contribution < -0.4 is 10.6 Å². The molecule has 0 saturated carbocycles. The smallest absolute Gasteiger partial charge is 0.411 e. The Bertz CT molecular complexity index is 1270. The molecular formula is C33H43N5O5. The van der Waals surface area contributed by atoms with Crippen LogP contribution in [-0.2, 0) is 10.3 Å². The van der Waals surface area contributed by atoms with E-state index >= 15 is 0 Å². The number of carbonyl (C=O) groups excluding carboxylic acids is 2. The highest BCUT2D eigenvalue weighted by atomic mass is 16.5. The predicted octanol–water partition coefficient (Wildman–Crippen LogP) is 4.44. The maximum absolute atomic E-state index is 13.5. The average Bonchev–Trinajstić information content (AvgIpc) is 3.05. The Labute approximate surface area is 253 Å². The third-order valence-electron chi connectivity index (χ3n) is 10.1. The number of likely N-dealkylation sites (tertiary alicyclic amines) is 1. The quantitative estimate of drug-likeness (QED) is 0.438. The summed E-state index contributed by atoms with van der Waals surface area (Å²) in [5, 5.41) is 16.7. The number of amides is 3. The number of nitrogens with zero attached hydrogens (tertiary/aromatic N) is 3. The monoisotopic (exact) mass is 589 g/mol. The molecule has 0 aromatic heterocycles. The summed E-state index contributed by atoms with van der Waals surface area (Å²) in [6, 6.07) is 16.8. The predicted molar refractivity (Wildman–Crippen MR) is 163 cm³/mol. The second-order valence-electron chi connectivity index (χ2n) is 12.5. The molecule has 5 saturated heterocycles. The van der Waals surface area contributed by atoms with Gasteiger partial charge in [0.2, 0.25) is 0 Å². The number of rotatable bonds is 7. The summed E-state index contributed by atoms with van der Waals surface area (Å²) >= 11 is 0. The molecule has 7 rings (SSSR count). The molecule has 10 heteroatoms. The van der Waals surface area contributed by atoms with Gasteiger partial charge in [-0.2, -0.15) is 0 Å². The van der Waals surface area contributed by atoms with E-state index in [2.05, 4.69) is 15.5 Å². The highest BCUT2D eigenvalue weighted by Crippen LogP contribution is 2.44. The van der Waals surface area contributed by atoms with Crippen LogP contribution in [0.1, 0.15) is 54.4 Å². The zero-order chi connectivity index (χ0) is 29.8. The van der Waals surface area contributed by atoms with Gasteiger partial charge in [0, 0.05) is 30.9 Å². The molecule has 3 N–H and O–H groups in total. The van der Waals surface area contributed by atoms with Crippen LogP contribution in [0.4, 0.5) is 15.3 Å². The highest BCUT2D eigenvalue weighted by molar-refractivity contribution is 5.95. The van der Waals surface area contributed by atoms with Gasteiger partial charge >= 0.3 is 12.2 Å². The molecule has 5 heterocycles. The molecule has 2 aromatic carbocycles. The van der Waals surface area contributed by atoms with Crippen molar-refractivity contribution in [3.05, 3.63) is 65.7 Å². The van der Waals surface area contributed by atoms with Gasteiger partial charge in [-0.05, 0) is 106 Å². The van der Waals surface area contributed by atoms with Gasteiger partial charge in [0.25, 0.3) is 5.91 Å². The fourth-order valence-corrected chi connectivity index (χ4v) is 7.64. The van der Waals surface area contributed by atoms with Crippen LogP contribution in [0.3, 0.4) is 0 Å². The van der Waals surface area contributed by atoms with Gasteiger partial charge in [0.05, 0.1) is 18.2 Å². The zero-order valence-electron chi connectivity index (χ0n) is 24.7. The lowest BCUT2D eigenvalue weighted by molar-refractivity contribution is -0.0573. The molecule has 0 radical (unpaired) electrons. The van der Waals surface area contributed by atoms with Crippen molar-refractivity contribution in [2.24, 2.45) is 11.8 Å². The first-order valence-electron chi connectivity index (χ1n) is 15.8. The van der Waals surface area contributed by atoms with Crippen molar-refractivity contribution in [1.82, 2.24) is 20.0 Å². The second-order valence-corrected chi connectivity index (χ2v) is 12.5. The van der Waals surface area contributed by atoms with E-state index in [-0.39, 0.29) is 11.9 Å². The van der Waals surface area contributed by atoms with E-state index in [1.54, 1.807) is 29.2 Å². The Kier molecular flexibility index (Phi) is 8.85. The van der Waals surface area contributed by atoms with Gasteiger partial charge in [-0.15, -0.1) is 0 Å². The molecule has 230 valence electrons. The van der Waals surface area contributed by atoms with Gasteiger partial charge in [-0.3, -0.25) is 15.0 Å². The van der Waals surface area contributed by atoms with Crippen LogP contribution in [-0.4, -0.2) is 96.4 Å². The Hall–Kier alpha value is -3.63. The summed E-state index contributed by atoms with van der Waals surface area (Å²) in [5.41, 5.74) is 1.43. The van der Waals surface area contributed by atoms with E-state index in [0.29, 0.717) is 55.6 Å². The Morgan fingerprint density at radius 2 is 1.60 bits per heavy atom. The molecular weight excluding hydrogens is 546 g/mol. The van der Waals surface area contributed by atoms with E-state index < -0.39 is 17.7 Å². The summed E-state index contributed by atoms with van der Waals surface area (Å²) in [6.07, 6.45) is 3.79. The molecule has 5 aliphatic rings. The van der Waals surface area contributed by atoms with E-state index in [0.717, 1.165) is 64.0 Å². The third kappa shape index (κ3) is 6.35. The van der Waals surface area contributed by atoms with Crippen molar-refractivity contribution >= 4 is 23.8 Å². The van der Waals surface area contributed by atoms with E-state index in [1.807, 2.05) is 35.2 Å². The fraction of sp³-hybridized carbons (Fsp3) is 0.545. The Morgan fingerprint density at radius 1 is 0.930 bits per heavy atom. The minimum Gasteiger partial charge on any atom is -0.465 e. The normalized spacial score (nSPS) is 25.1. The Balaban J connectivity index is 1.11. The summed E-state index contributed by atoms with van der Waals surface area (Å²) in [6.45, 7) is 6.10. The minimum atomic E-state index is -0.875. The molecule has 0 aliphatic carbocycles. The molecule has 1 atom stereocenters. The SMILES string of the molecule is O=C(Nc1ccc(C(=O)N2CCC(c3ccccc3)(N(C(=O)O)[C@H]3CN4CCC3CC4)CC2)cc1)OCC1CCNCC1. The van der Waals surface area contributed by atoms with Crippen molar-refractivity contribution in [2.75, 3.05) is 57.7 Å². The molecule has 0 unspecified atom stereocenters. The topological polar surface area (TPSA) is 114 Å². The van der Waals surface area contributed by atoms with Crippen molar-refractivity contribution < 1.29 is 24.2 Å². The van der Waals surface area contributed by atoms with E-state index in [1.165, 1.54) is 0 Å². The summed E-state index contributed by atoms with van der Waals surface area (Å²) in [5.74, 6) is 0.664. The van der Waals surface area contributed by atoms with Crippen molar-refractivity contribution in [3.8, 4) is 0 Å². The molecule has 0 spiro atoms. The van der Waals surface area contributed by atoms with Gasteiger partial charge in [0.1, 0.15) is 0 Å². The van der Waals surface area contributed by atoms with Gasteiger partial charge in [-0.25, -0.2) is 9.59 Å². The molecule has 5 fully saturated rings. The number of carboxylic acid groups (broad SMARTS) is 1. The number of anilines is 1. The van der Waals surface area contributed by atoms with Crippen LogP contribution in [0.25, 0.3) is 0 Å². The Morgan fingerprint density at radius 3 is 2.21 bits per heavy atom. The van der Waals surface area contributed by atoms with Crippen LogP contribution in [0, 0.1) is 11.8 Å². The van der Waals surface area contributed by atoms with E-state index in [4.69, 9.17) is 4.74 Å². The van der Waals surface area contributed by atoms with Crippen LogP contribution >= 0.6 is 0 Å². The fourth-order valence-electron chi connectivity index (χ4n) is 7.64. The van der Waals surface area contributed by atoms with Gasteiger partial charge < -0.3 is 25.0 Å². The number of carbonyl (C=O) groups is 3. The van der Waals surface area contributed by atoms with Crippen LogP contribution in [0.5, 0.6) is 0 Å². The number of fused-ring (bicyclic) bond motifs is 3. The van der Waals surface area contributed by atoms with Gasteiger partial charge in [0.15, 0.2) is 0 Å². The molecule has 5 aliphatic heterocycles. The number of hydrogen-bond donors (Lipinski definition) is 3. The lowest BCUT2D eigenvalue weighted by Gasteiger charge is -2.56. The largest absolute Gasteiger partial charge is 0.465 e.